The Morgan fingerprint density at radius 3 is 2.95 bits per heavy atom. The van der Waals surface area contributed by atoms with E-state index in [4.69, 9.17) is 5.73 Å². The lowest BCUT2D eigenvalue weighted by molar-refractivity contribution is -0.119. The van der Waals surface area contributed by atoms with Crippen molar-refractivity contribution in [2.45, 2.75) is 25.0 Å². The first-order valence-electron chi connectivity index (χ1n) is 6.19. The number of nitrogens with two attached hydrogens (primary N) is 1. The topological polar surface area (TPSA) is 96.7 Å². The van der Waals surface area contributed by atoms with Gasteiger partial charge in [-0.15, -0.1) is 16.4 Å². The first-order valence-corrected chi connectivity index (χ1v) is 8.06. The van der Waals surface area contributed by atoms with Gasteiger partial charge in [0.05, 0.1) is 11.8 Å². The highest BCUT2D eigenvalue weighted by molar-refractivity contribution is 7.99. The number of hydrogen-bond donors (Lipinski definition) is 3. The molecule has 20 heavy (non-hydrogen) atoms. The van der Waals surface area contributed by atoms with E-state index in [1.165, 1.54) is 16.6 Å². The second-order valence-corrected chi connectivity index (χ2v) is 6.52. The molecule has 0 aliphatic rings. The Morgan fingerprint density at radius 1 is 1.60 bits per heavy atom. The first kappa shape index (κ1) is 14.9. The fourth-order valence-corrected chi connectivity index (χ4v) is 3.27. The molecule has 8 heteroatoms. The predicted octanol–water partition coefficient (Wildman–Crippen LogP) is 2.05. The van der Waals surface area contributed by atoms with Crippen molar-refractivity contribution in [3.05, 3.63) is 22.4 Å². The van der Waals surface area contributed by atoms with Crippen LogP contribution in [0.5, 0.6) is 0 Å². The van der Waals surface area contributed by atoms with Gasteiger partial charge >= 0.3 is 0 Å². The summed E-state index contributed by atoms with van der Waals surface area (Å²) in [6.45, 7) is 4.18. The molecule has 0 bridgehead atoms. The first-order chi connectivity index (χ1) is 9.56. The molecular formula is C12H17N5OS2. The van der Waals surface area contributed by atoms with Gasteiger partial charge in [0.15, 0.2) is 0 Å². The summed E-state index contributed by atoms with van der Waals surface area (Å²) in [6.07, 6.45) is 0. The van der Waals surface area contributed by atoms with E-state index in [0.717, 1.165) is 0 Å². The number of thioether (sulfide) groups is 1. The molecule has 4 N–H and O–H groups in total. The SMILES string of the molecule is CC(C)C(NC(=O)CSc1n[nH]c(N)n1)c1cccs1. The molecule has 0 fully saturated rings. The third kappa shape index (κ3) is 3.97. The molecule has 6 nitrogen and oxygen atoms in total. The number of H-pyrrole nitrogens is 1. The van der Waals surface area contributed by atoms with E-state index in [9.17, 15) is 4.79 Å². The van der Waals surface area contributed by atoms with E-state index in [1.54, 1.807) is 11.3 Å². The number of carbonyl (C=O) groups is 1. The lowest BCUT2D eigenvalue weighted by Gasteiger charge is -2.21. The highest BCUT2D eigenvalue weighted by Gasteiger charge is 2.19. The molecule has 2 heterocycles. The van der Waals surface area contributed by atoms with Crippen molar-refractivity contribution in [2.24, 2.45) is 5.92 Å². The zero-order chi connectivity index (χ0) is 14.5. The van der Waals surface area contributed by atoms with Crippen LogP contribution in [-0.4, -0.2) is 26.8 Å². The summed E-state index contributed by atoms with van der Waals surface area (Å²) in [5.41, 5.74) is 5.43. The van der Waals surface area contributed by atoms with Crippen LogP contribution in [0.15, 0.2) is 22.7 Å². The number of aromatic amines is 1. The largest absolute Gasteiger partial charge is 0.368 e. The highest BCUT2D eigenvalue weighted by Crippen LogP contribution is 2.26. The second-order valence-electron chi connectivity index (χ2n) is 4.60. The summed E-state index contributed by atoms with van der Waals surface area (Å²) < 4.78 is 0. The van der Waals surface area contributed by atoms with Crippen LogP contribution in [0.3, 0.4) is 0 Å². The van der Waals surface area contributed by atoms with Gasteiger partial charge in [0.25, 0.3) is 0 Å². The number of thiophene rings is 1. The third-order valence-electron chi connectivity index (χ3n) is 2.65. The minimum absolute atomic E-state index is 0.0366. The molecule has 1 unspecified atom stereocenters. The Morgan fingerprint density at radius 2 is 2.40 bits per heavy atom. The van der Waals surface area contributed by atoms with Crippen molar-refractivity contribution < 1.29 is 4.79 Å². The molecule has 0 saturated heterocycles. The van der Waals surface area contributed by atoms with Gasteiger partial charge in [-0.2, -0.15) is 4.98 Å². The van der Waals surface area contributed by atoms with E-state index in [2.05, 4.69) is 34.3 Å². The van der Waals surface area contributed by atoms with Gasteiger partial charge < -0.3 is 11.1 Å². The lowest BCUT2D eigenvalue weighted by Crippen LogP contribution is -2.32. The van der Waals surface area contributed by atoms with E-state index < -0.39 is 0 Å². The van der Waals surface area contributed by atoms with Crippen LogP contribution in [0.25, 0.3) is 0 Å². The van der Waals surface area contributed by atoms with Gasteiger partial charge in [0, 0.05) is 4.88 Å². The van der Waals surface area contributed by atoms with Crippen LogP contribution in [0.4, 0.5) is 5.95 Å². The minimum Gasteiger partial charge on any atom is -0.368 e. The monoisotopic (exact) mass is 311 g/mol. The standard InChI is InChI=1S/C12H17N5OS2/c1-7(2)10(8-4-3-5-19-8)14-9(18)6-20-12-15-11(13)16-17-12/h3-5,7,10H,6H2,1-2H3,(H,14,18)(H3,13,15,16,17). The van der Waals surface area contributed by atoms with Crippen molar-refractivity contribution in [1.29, 1.82) is 0 Å². The molecule has 0 saturated carbocycles. The maximum Gasteiger partial charge on any atom is 0.230 e. The summed E-state index contributed by atoms with van der Waals surface area (Å²) in [6, 6.07) is 4.08. The molecule has 0 aliphatic heterocycles. The Kier molecular flexibility index (Phi) is 5.02. The second kappa shape index (κ2) is 6.76. The summed E-state index contributed by atoms with van der Waals surface area (Å²) >= 11 is 2.91. The molecule has 2 rings (SSSR count). The van der Waals surface area contributed by atoms with Crippen LogP contribution >= 0.6 is 23.1 Å². The van der Waals surface area contributed by atoms with Crippen molar-refractivity contribution in [1.82, 2.24) is 20.5 Å². The molecule has 0 aromatic carbocycles. The molecule has 0 radical (unpaired) electrons. The number of rotatable bonds is 6. The van der Waals surface area contributed by atoms with Crippen LogP contribution in [0.2, 0.25) is 0 Å². The normalized spacial score (nSPS) is 12.6. The molecule has 0 spiro atoms. The van der Waals surface area contributed by atoms with Gasteiger partial charge in [-0.25, -0.2) is 5.10 Å². The quantitative estimate of drug-likeness (QED) is 0.710. The number of amides is 1. The smallest absolute Gasteiger partial charge is 0.230 e. The zero-order valence-corrected chi connectivity index (χ0v) is 12.9. The summed E-state index contributed by atoms with van der Waals surface area (Å²) in [5.74, 6) is 0.824. The molecular weight excluding hydrogens is 294 g/mol. The average molecular weight is 311 g/mol. The number of aromatic nitrogens is 3. The maximum absolute atomic E-state index is 12.0. The Hall–Kier alpha value is -1.54. The number of carbonyl (C=O) groups excluding carboxylic acids is 1. The maximum atomic E-state index is 12.0. The number of nitrogens with one attached hydrogen (secondary N) is 2. The number of hydrogen-bond acceptors (Lipinski definition) is 6. The van der Waals surface area contributed by atoms with Crippen LogP contribution in [-0.2, 0) is 4.79 Å². The van der Waals surface area contributed by atoms with E-state index in [-0.39, 0.29) is 23.7 Å². The van der Waals surface area contributed by atoms with Crippen molar-refractivity contribution in [3.8, 4) is 0 Å². The van der Waals surface area contributed by atoms with Crippen molar-refractivity contribution in [3.63, 3.8) is 0 Å². The fourth-order valence-electron chi connectivity index (χ4n) is 1.70. The molecule has 2 aromatic rings. The molecule has 0 aliphatic carbocycles. The molecule has 2 aromatic heterocycles. The average Bonchev–Trinajstić information content (AvgIpc) is 3.04. The number of nitrogens with zero attached hydrogens (tertiary/aromatic N) is 2. The van der Waals surface area contributed by atoms with Gasteiger partial charge in [-0.05, 0) is 17.4 Å². The summed E-state index contributed by atoms with van der Waals surface area (Å²) in [4.78, 5) is 17.1. The van der Waals surface area contributed by atoms with E-state index >= 15 is 0 Å². The molecule has 1 atom stereocenters. The lowest BCUT2D eigenvalue weighted by atomic mass is 10.0. The van der Waals surface area contributed by atoms with Crippen molar-refractivity contribution in [2.75, 3.05) is 11.5 Å². The van der Waals surface area contributed by atoms with Crippen LogP contribution in [0.1, 0.15) is 24.8 Å². The van der Waals surface area contributed by atoms with Gasteiger partial charge in [0.2, 0.25) is 17.0 Å². The fraction of sp³-hybridized carbons (Fsp3) is 0.417. The number of anilines is 1. The van der Waals surface area contributed by atoms with Crippen LogP contribution < -0.4 is 11.1 Å². The van der Waals surface area contributed by atoms with E-state index in [1.807, 2.05) is 17.5 Å². The summed E-state index contributed by atoms with van der Waals surface area (Å²) in [5, 5.41) is 12.0. The summed E-state index contributed by atoms with van der Waals surface area (Å²) in [7, 11) is 0. The molecule has 1 amide bonds. The molecule has 108 valence electrons. The third-order valence-corrected chi connectivity index (χ3v) is 4.45. The Labute approximate surface area is 125 Å². The number of nitrogen functional groups attached to an aromatic ring is 1. The van der Waals surface area contributed by atoms with E-state index in [0.29, 0.717) is 11.1 Å². The highest BCUT2D eigenvalue weighted by atomic mass is 32.2. The predicted molar refractivity (Wildman–Crippen MR) is 81.6 cm³/mol. The van der Waals surface area contributed by atoms with Crippen molar-refractivity contribution >= 4 is 35.0 Å². The Balaban J connectivity index is 1.89. The van der Waals surface area contributed by atoms with Gasteiger partial charge in [-0.3, -0.25) is 4.79 Å². The van der Waals surface area contributed by atoms with Gasteiger partial charge in [-0.1, -0.05) is 31.7 Å². The zero-order valence-electron chi connectivity index (χ0n) is 11.3. The minimum atomic E-state index is -0.0366. The van der Waals surface area contributed by atoms with Crippen LogP contribution in [0, 0.1) is 5.92 Å². The Bertz CT molecular complexity index is 552. The van der Waals surface area contributed by atoms with Gasteiger partial charge in [0.1, 0.15) is 0 Å².